The Balaban J connectivity index is 2.22. The van der Waals surface area contributed by atoms with E-state index in [0.717, 1.165) is 17.8 Å². The minimum Gasteiger partial charge on any atom is -0.388 e. The molecule has 0 spiro atoms. The van der Waals surface area contributed by atoms with Gasteiger partial charge in [0.25, 0.3) is 0 Å². The van der Waals surface area contributed by atoms with Gasteiger partial charge in [-0.25, -0.2) is 0 Å². The van der Waals surface area contributed by atoms with E-state index in [4.69, 9.17) is 0 Å². The van der Waals surface area contributed by atoms with Crippen molar-refractivity contribution in [2.45, 2.75) is 32.4 Å². The second-order valence-electron chi connectivity index (χ2n) is 3.43. The van der Waals surface area contributed by atoms with Crippen molar-refractivity contribution in [1.82, 2.24) is 5.32 Å². The molecule has 0 saturated carbocycles. The van der Waals surface area contributed by atoms with E-state index in [-0.39, 0.29) is 6.10 Å². The fourth-order valence-corrected chi connectivity index (χ4v) is 1.88. The summed E-state index contributed by atoms with van der Waals surface area (Å²) >= 11 is 1.61. The Hall–Kier alpha value is -0.380. The maximum Gasteiger partial charge on any atom is 0.0894 e. The van der Waals surface area contributed by atoms with E-state index in [0.29, 0.717) is 6.04 Å². The summed E-state index contributed by atoms with van der Waals surface area (Å²) in [6.07, 6.45) is 0.491. The molecular weight excluding hydrogens is 182 g/mol. The SMILES string of the molecule is CC(C)NCCC(O)c1cccs1. The molecule has 0 aliphatic carbocycles. The van der Waals surface area contributed by atoms with Crippen molar-refractivity contribution in [3.8, 4) is 0 Å². The largest absolute Gasteiger partial charge is 0.388 e. The van der Waals surface area contributed by atoms with Crippen molar-refractivity contribution >= 4 is 11.3 Å². The van der Waals surface area contributed by atoms with Crippen molar-refractivity contribution in [3.63, 3.8) is 0 Å². The summed E-state index contributed by atoms with van der Waals surface area (Å²) in [7, 11) is 0. The quantitative estimate of drug-likeness (QED) is 0.761. The zero-order valence-corrected chi connectivity index (χ0v) is 8.97. The van der Waals surface area contributed by atoms with Crippen LogP contribution in [0.4, 0.5) is 0 Å². The molecule has 0 amide bonds. The van der Waals surface area contributed by atoms with Crippen LogP contribution < -0.4 is 5.32 Å². The molecular formula is C10H17NOS. The third-order valence-corrected chi connectivity index (χ3v) is 2.82. The lowest BCUT2D eigenvalue weighted by Gasteiger charge is -2.11. The van der Waals surface area contributed by atoms with Gasteiger partial charge in [-0.1, -0.05) is 19.9 Å². The van der Waals surface area contributed by atoms with Crippen LogP contribution in [0, 0.1) is 0 Å². The molecule has 74 valence electrons. The van der Waals surface area contributed by atoms with Crippen molar-refractivity contribution in [1.29, 1.82) is 0 Å². The Bertz CT molecular complexity index is 221. The van der Waals surface area contributed by atoms with Gasteiger partial charge in [0, 0.05) is 10.9 Å². The number of hydrogen-bond donors (Lipinski definition) is 2. The zero-order valence-electron chi connectivity index (χ0n) is 8.16. The van der Waals surface area contributed by atoms with Crippen molar-refractivity contribution in [2.24, 2.45) is 0 Å². The number of aliphatic hydroxyl groups excluding tert-OH is 1. The van der Waals surface area contributed by atoms with Crippen LogP contribution in [0.2, 0.25) is 0 Å². The maximum atomic E-state index is 9.69. The van der Waals surface area contributed by atoms with Gasteiger partial charge in [-0.05, 0) is 24.4 Å². The average Bonchev–Trinajstić information content (AvgIpc) is 2.55. The van der Waals surface area contributed by atoms with Crippen LogP contribution in [0.15, 0.2) is 17.5 Å². The standard InChI is InChI=1S/C10H17NOS/c1-8(2)11-6-5-9(12)10-4-3-7-13-10/h3-4,7-9,11-12H,5-6H2,1-2H3. The number of nitrogens with one attached hydrogen (secondary N) is 1. The lowest BCUT2D eigenvalue weighted by atomic mass is 10.2. The molecule has 0 aromatic carbocycles. The number of aliphatic hydroxyl groups is 1. The summed E-state index contributed by atoms with van der Waals surface area (Å²) in [4.78, 5) is 1.06. The Morgan fingerprint density at radius 1 is 1.54 bits per heavy atom. The minimum absolute atomic E-state index is 0.300. The number of rotatable bonds is 5. The fraction of sp³-hybridized carbons (Fsp3) is 0.600. The molecule has 0 aliphatic heterocycles. The lowest BCUT2D eigenvalue weighted by molar-refractivity contribution is 0.169. The second kappa shape index (κ2) is 5.37. The first kappa shape index (κ1) is 10.7. The van der Waals surface area contributed by atoms with E-state index < -0.39 is 0 Å². The van der Waals surface area contributed by atoms with Crippen LogP contribution in [0.25, 0.3) is 0 Å². The highest BCUT2D eigenvalue weighted by Crippen LogP contribution is 2.20. The summed E-state index contributed by atoms with van der Waals surface area (Å²) in [5.74, 6) is 0. The van der Waals surface area contributed by atoms with Gasteiger partial charge in [-0.3, -0.25) is 0 Å². The molecule has 0 bridgehead atoms. The molecule has 1 rings (SSSR count). The molecule has 0 radical (unpaired) electrons. The van der Waals surface area contributed by atoms with Crippen LogP contribution in [0.5, 0.6) is 0 Å². The highest BCUT2D eigenvalue weighted by atomic mass is 32.1. The van der Waals surface area contributed by atoms with Crippen LogP contribution in [-0.4, -0.2) is 17.7 Å². The molecule has 13 heavy (non-hydrogen) atoms. The minimum atomic E-state index is -0.300. The highest BCUT2D eigenvalue weighted by molar-refractivity contribution is 7.10. The lowest BCUT2D eigenvalue weighted by Crippen LogP contribution is -2.24. The molecule has 1 aromatic heterocycles. The monoisotopic (exact) mass is 199 g/mol. The summed E-state index contributed by atoms with van der Waals surface area (Å²) in [6, 6.07) is 4.44. The predicted molar refractivity (Wildman–Crippen MR) is 57.0 cm³/mol. The third kappa shape index (κ3) is 3.89. The second-order valence-corrected chi connectivity index (χ2v) is 4.41. The van der Waals surface area contributed by atoms with Crippen LogP contribution in [0.1, 0.15) is 31.2 Å². The van der Waals surface area contributed by atoms with Crippen molar-refractivity contribution < 1.29 is 5.11 Å². The molecule has 2 N–H and O–H groups in total. The van der Waals surface area contributed by atoms with Crippen LogP contribution in [-0.2, 0) is 0 Å². The van der Waals surface area contributed by atoms with E-state index in [9.17, 15) is 5.11 Å². The van der Waals surface area contributed by atoms with E-state index in [1.807, 2.05) is 17.5 Å². The van der Waals surface area contributed by atoms with Crippen LogP contribution in [0.3, 0.4) is 0 Å². The van der Waals surface area contributed by atoms with Gasteiger partial charge < -0.3 is 10.4 Å². The zero-order chi connectivity index (χ0) is 9.68. The molecule has 2 nitrogen and oxygen atoms in total. The van der Waals surface area contributed by atoms with E-state index in [1.165, 1.54) is 0 Å². The van der Waals surface area contributed by atoms with E-state index in [2.05, 4.69) is 19.2 Å². The highest BCUT2D eigenvalue weighted by Gasteiger charge is 2.07. The van der Waals surface area contributed by atoms with E-state index in [1.54, 1.807) is 11.3 Å². The normalized spacial score (nSPS) is 13.5. The number of thiophene rings is 1. The summed E-state index contributed by atoms with van der Waals surface area (Å²) in [5, 5.41) is 15.0. The van der Waals surface area contributed by atoms with Gasteiger partial charge in [-0.2, -0.15) is 0 Å². The molecule has 1 atom stereocenters. The Kier molecular flexibility index (Phi) is 4.42. The van der Waals surface area contributed by atoms with Gasteiger partial charge in [0.05, 0.1) is 6.10 Å². The molecule has 0 fully saturated rings. The fourth-order valence-electron chi connectivity index (χ4n) is 1.13. The van der Waals surface area contributed by atoms with Crippen molar-refractivity contribution in [3.05, 3.63) is 22.4 Å². The summed E-state index contributed by atoms with van der Waals surface area (Å²) in [5.41, 5.74) is 0. The van der Waals surface area contributed by atoms with Gasteiger partial charge in [0.15, 0.2) is 0 Å². The average molecular weight is 199 g/mol. The summed E-state index contributed by atoms with van der Waals surface area (Å²) < 4.78 is 0. The van der Waals surface area contributed by atoms with E-state index >= 15 is 0 Å². The topological polar surface area (TPSA) is 32.3 Å². The molecule has 1 unspecified atom stereocenters. The Labute approximate surface area is 83.6 Å². The molecule has 0 saturated heterocycles. The Morgan fingerprint density at radius 3 is 2.85 bits per heavy atom. The van der Waals surface area contributed by atoms with Gasteiger partial charge in [-0.15, -0.1) is 11.3 Å². The van der Waals surface area contributed by atoms with Crippen LogP contribution >= 0.6 is 11.3 Å². The van der Waals surface area contributed by atoms with Gasteiger partial charge in [0.1, 0.15) is 0 Å². The van der Waals surface area contributed by atoms with Gasteiger partial charge >= 0.3 is 0 Å². The number of hydrogen-bond acceptors (Lipinski definition) is 3. The van der Waals surface area contributed by atoms with Gasteiger partial charge in [0.2, 0.25) is 0 Å². The third-order valence-electron chi connectivity index (χ3n) is 1.84. The Morgan fingerprint density at radius 2 is 2.31 bits per heavy atom. The smallest absolute Gasteiger partial charge is 0.0894 e. The molecule has 1 heterocycles. The van der Waals surface area contributed by atoms with Crippen molar-refractivity contribution in [2.75, 3.05) is 6.54 Å². The first-order chi connectivity index (χ1) is 6.20. The first-order valence-electron chi connectivity index (χ1n) is 4.65. The predicted octanol–water partition coefficient (Wildman–Crippen LogP) is 2.17. The molecule has 3 heteroatoms. The molecule has 1 aromatic rings. The maximum absolute atomic E-state index is 9.69. The summed E-state index contributed by atoms with van der Waals surface area (Å²) in [6.45, 7) is 5.09. The first-order valence-corrected chi connectivity index (χ1v) is 5.53. The molecule has 0 aliphatic rings.